The number of methoxy groups -OCH3 is 2. The highest BCUT2D eigenvalue weighted by atomic mass is 16.5. The average Bonchev–Trinajstić information content (AvgIpc) is 2.43. The van der Waals surface area contributed by atoms with Crippen molar-refractivity contribution in [2.75, 3.05) is 19.5 Å². The van der Waals surface area contributed by atoms with E-state index in [9.17, 15) is 9.59 Å². The summed E-state index contributed by atoms with van der Waals surface area (Å²) in [5.41, 5.74) is 0.598. The number of aromatic nitrogens is 2. The number of anilines is 1. The number of nitrogens with zero attached hydrogens (tertiary/aromatic N) is 2. The van der Waals surface area contributed by atoms with Gasteiger partial charge in [0.2, 0.25) is 5.82 Å². The van der Waals surface area contributed by atoms with E-state index >= 15 is 0 Å². The van der Waals surface area contributed by atoms with Gasteiger partial charge in [0, 0.05) is 11.8 Å². The van der Waals surface area contributed by atoms with Crippen LogP contribution in [0.4, 0.5) is 5.82 Å². The van der Waals surface area contributed by atoms with Gasteiger partial charge in [0.05, 0.1) is 14.2 Å². The predicted octanol–water partition coefficient (Wildman–Crippen LogP) is 1.57. The summed E-state index contributed by atoms with van der Waals surface area (Å²) in [5.74, 6) is -0.364. The molecule has 1 heterocycles. The van der Waals surface area contributed by atoms with Crippen LogP contribution in [0.3, 0.4) is 0 Å². The topological polar surface area (TPSA) is 90.4 Å². The molecule has 1 aromatic heterocycles. The van der Waals surface area contributed by atoms with E-state index in [-0.39, 0.29) is 11.8 Å². The van der Waals surface area contributed by atoms with Crippen LogP contribution in [-0.4, -0.2) is 42.2 Å². The third-order valence-electron chi connectivity index (χ3n) is 2.74. The number of carbonyl (C=O) groups is 2. The number of nitrogens with one attached hydrogen (secondary N) is 1. The van der Waals surface area contributed by atoms with Crippen LogP contribution in [0.1, 0.15) is 36.6 Å². The lowest BCUT2D eigenvalue weighted by atomic mass is 10.0. The first-order valence-electron chi connectivity index (χ1n) is 6.65. The lowest BCUT2D eigenvalue weighted by Gasteiger charge is -2.19. The van der Waals surface area contributed by atoms with Gasteiger partial charge >= 0.3 is 11.9 Å². The summed E-state index contributed by atoms with van der Waals surface area (Å²) in [6.07, 6.45) is 0.587. The molecule has 1 atom stereocenters. The molecular weight excluding hydrogens is 274 g/mol. The molecule has 0 aromatic carbocycles. The standard InChI is InChI=1S/C14H21N3O4/c1-8(2)6-10(13(18)20-4)16-11-7-9(3)15-12(17-11)14(19)21-5/h7-8,10H,6H2,1-5H3,(H,15,16,17). The molecule has 0 saturated heterocycles. The number of hydrogen-bond donors (Lipinski definition) is 1. The van der Waals surface area contributed by atoms with E-state index in [4.69, 9.17) is 4.74 Å². The minimum atomic E-state index is -0.625. The highest BCUT2D eigenvalue weighted by molar-refractivity contribution is 5.85. The third kappa shape index (κ3) is 5.02. The third-order valence-corrected chi connectivity index (χ3v) is 2.74. The van der Waals surface area contributed by atoms with Gasteiger partial charge in [-0.1, -0.05) is 13.8 Å². The van der Waals surface area contributed by atoms with Crippen LogP contribution < -0.4 is 5.32 Å². The SMILES string of the molecule is COC(=O)c1nc(C)cc(NC(CC(C)C)C(=O)OC)n1. The van der Waals surface area contributed by atoms with Crippen molar-refractivity contribution in [2.24, 2.45) is 5.92 Å². The maximum absolute atomic E-state index is 11.8. The van der Waals surface area contributed by atoms with Gasteiger partial charge in [-0.3, -0.25) is 0 Å². The lowest BCUT2D eigenvalue weighted by Crippen LogP contribution is -2.32. The quantitative estimate of drug-likeness (QED) is 0.796. The molecule has 1 unspecified atom stereocenters. The van der Waals surface area contributed by atoms with E-state index in [1.165, 1.54) is 14.2 Å². The van der Waals surface area contributed by atoms with Crippen molar-refractivity contribution in [3.63, 3.8) is 0 Å². The summed E-state index contributed by atoms with van der Waals surface area (Å²) < 4.78 is 9.38. The summed E-state index contributed by atoms with van der Waals surface area (Å²) >= 11 is 0. The Morgan fingerprint density at radius 2 is 1.90 bits per heavy atom. The number of esters is 2. The Bertz CT molecular complexity index is 517. The summed E-state index contributed by atoms with van der Waals surface area (Å²) in [6.45, 7) is 5.74. The molecule has 0 spiro atoms. The Hall–Kier alpha value is -2.18. The average molecular weight is 295 g/mol. The minimum absolute atomic E-state index is 0.0480. The van der Waals surface area contributed by atoms with Crippen LogP contribution in [-0.2, 0) is 14.3 Å². The van der Waals surface area contributed by atoms with Crippen LogP contribution in [0.25, 0.3) is 0 Å². The van der Waals surface area contributed by atoms with Crippen molar-refractivity contribution in [3.8, 4) is 0 Å². The highest BCUT2D eigenvalue weighted by Crippen LogP contribution is 2.14. The zero-order chi connectivity index (χ0) is 16.0. The second-order valence-electron chi connectivity index (χ2n) is 5.06. The first-order valence-corrected chi connectivity index (χ1v) is 6.65. The van der Waals surface area contributed by atoms with Crippen LogP contribution in [0, 0.1) is 12.8 Å². The highest BCUT2D eigenvalue weighted by Gasteiger charge is 2.22. The predicted molar refractivity (Wildman–Crippen MR) is 77.0 cm³/mol. The zero-order valence-corrected chi connectivity index (χ0v) is 13.0. The second kappa shape index (κ2) is 7.56. The number of aryl methyl sites for hydroxylation is 1. The van der Waals surface area contributed by atoms with E-state index in [1.54, 1.807) is 13.0 Å². The maximum atomic E-state index is 11.8. The molecule has 0 aliphatic heterocycles. The smallest absolute Gasteiger partial charge is 0.376 e. The fourth-order valence-electron chi connectivity index (χ4n) is 1.83. The summed E-state index contributed by atoms with van der Waals surface area (Å²) in [6, 6.07) is 1.12. The Labute approximate surface area is 124 Å². The lowest BCUT2D eigenvalue weighted by molar-refractivity contribution is -0.141. The molecule has 0 saturated carbocycles. The van der Waals surface area contributed by atoms with Crippen LogP contribution >= 0.6 is 0 Å². The van der Waals surface area contributed by atoms with Gasteiger partial charge < -0.3 is 14.8 Å². The van der Waals surface area contributed by atoms with Gasteiger partial charge in [-0.05, 0) is 19.3 Å². The van der Waals surface area contributed by atoms with E-state index < -0.39 is 12.0 Å². The van der Waals surface area contributed by atoms with E-state index in [0.29, 0.717) is 23.9 Å². The molecule has 1 rings (SSSR count). The summed E-state index contributed by atoms with van der Waals surface area (Å²) in [7, 11) is 2.60. The van der Waals surface area contributed by atoms with Gasteiger partial charge in [-0.25, -0.2) is 19.6 Å². The first-order chi connectivity index (χ1) is 9.87. The molecule has 0 fully saturated rings. The molecule has 0 radical (unpaired) electrons. The Morgan fingerprint density at radius 1 is 1.24 bits per heavy atom. The zero-order valence-electron chi connectivity index (χ0n) is 13.0. The molecule has 21 heavy (non-hydrogen) atoms. The van der Waals surface area contributed by atoms with Gasteiger partial charge in [0.1, 0.15) is 11.9 Å². The molecule has 7 heteroatoms. The Kier molecular flexibility index (Phi) is 6.08. The van der Waals surface area contributed by atoms with Crippen LogP contribution in [0.15, 0.2) is 6.07 Å². The Balaban J connectivity index is 3.00. The largest absolute Gasteiger partial charge is 0.467 e. The Morgan fingerprint density at radius 3 is 2.43 bits per heavy atom. The van der Waals surface area contributed by atoms with Gasteiger partial charge in [-0.15, -0.1) is 0 Å². The molecule has 1 N–H and O–H groups in total. The maximum Gasteiger partial charge on any atom is 0.376 e. The summed E-state index contributed by atoms with van der Waals surface area (Å²) in [5, 5.41) is 2.99. The molecule has 0 bridgehead atoms. The van der Waals surface area contributed by atoms with Crippen LogP contribution in [0.2, 0.25) is 0 Å². The van der Waals surface area contributed by atoms with Crippen molar-refractivity contribution in [1.29, 1.82) is 0 Å². The van der Waals surface area contributed by atoms with E-state index in [2.05, 4.69) is 20.0 Å². The molecule has 1 aromatic rings. The van der Waals surface area contributed by atoms with Gasteiger partial charge in [-0.2, -0.15) is 0 Å². The fraction of sp³-hybridized carbons (Fsp3) is 0.571. The van der Waals surface area contributed by atoms with Crippen molar-refractivity contribution in [1.82, 2.24) is 9.97 Å². The monoisotopic (exact) mass is 295 g/mol. The van der Waals surface area contributed by atoms with E-state index in [0.717, 1.165) is 0 Å². The number of hydrogen-bond acceptors (Lipinski definition) is 7. The van der Waals surface area contributed by atoms with Crippen LogP contribution in [0.5, 0.6) is 0 Å². The molecule has 0 aliphatic carbocycles. The fourth-order valence-corrected chi connectivity index (χ4v) is 1.83. The first kappa shape index (κ1) is 16.9. The molecule has 0 amide bonds. The van der Waals surface area contributed by atoms with Crippen molar-refractivity contribution in [3.05, 3.63) is 17.6 Å². The van der Waals surface area contributed by atoms with Crippen molar-refractivity contribution in [2.45, 2.75) is 33.2 Å². The normalized spacial score (nSPS) is 11.9. The van der Waals surface area contributed by atoms with Crippen molar-refractivity contribution < 1.29 is 19.1 Å². The number of carbonyl (C=O) groups excluding carboxylic acids is 2. The summed E-state index contributed by atoms with van der Waals surface area (Å²) in [4.78, 5) is 31.4. The molecule has 0 aliphatic rings. The molecule has 7 nitrogen and oxygen atoms in total. The number of rotatable bonds is 6. The molecular formula is C14H21N3O4. The van der Waals surface area contributed by atoms with E-state index in [1.807, 2.05) is 13.8 Å². The number of ether oxygens (including phenoxy) is 2. The minimum Gasteiger partial charge on any atom is -0.467 e. The second-order valence-corrected chi connectivity index (χ2v) is 5.06. The van der Waals surface area contributed by atoms with Gasteiger partial charge in [0.25, 0.3) is 0 Å². The van der Waals surface area contributed by atoms with Gasteiger partial charge in [0.15, 0.2) is 0 Å². The molecule has 116 valence electrons. The van der Waals surface area contributed by atoms with Crippen molar-refractivity contribution >= 4 is 17.8 Å².